The zero-order valence-electron chi connectivity index (χ0n) is 14.0. The molecule has 21 heavy (non-hydrogen) atoms. The van der Waals surface area contributed by atoms with Crippen LogP contribution >= 0.6 is 0 Å². The molecule has 0 radical (unpaired) electrons. The molecule has 3 atom stereocenters. The summed E-state index contributed by atoms with van der Waals surface area (Å²) in [7, 11) is 0. The molecule has 0 N–H and O–H groups in total. The van der Waals surface area contributed by atoms with E-state index in [9.17, 15) is 0 Å². The number of ether oxygens (including phenoxy) is 2. The number of aryl methyl sites for hydroxylation is 1. The van der Waals surface area contributed by atoms with Gasteiger partial charge in [-0.1, -0.05) is 32.9 Å². The highest BCUT2D eigenvalue weighted by molar-refractivity contribution is 5.27. The Morgan fingerprint density at radius 3 is 2.48 bits per heavy atom. The third-order valence-electron chi connectivity index (χ3n) is 4.87. The summed E-state index contributed by atoms with van der Waals surface area (Å²) in [4.78, 5) is 0. The smallest absolute Gasteiger partial charge is 0.119 e. The summed E-state index contributed by atoms with van der Waals surface area (Å²) in [6, 6.07) is 8.45. The second-order valence-corrected chi connectivity index (χ2v) is 6.59. The molecule has 1 fully saturated rings. The van der Waals surface area contributed by atoms with Gasteiger partial charge in [-0.2, -0.15) is 0 Å². The summed E-state index contributed by atoms with van der Waals surface area (Å²) >= 11 is 0. The van der Waals surface area contributed by atoms with E-state index in [-0.39, 0.29) is 5.60 Å². The quantitative estimate of drug-likeness (QED) is 0.597. The van der Waals surface area contributed by atoms with Crippen LogP contribution in [0.3, 0.4) is 0 Å². The van der Waals surface area contributed by atoms with Crippen molar-refractivity contribution in [3.63, 3.8) is 0 Å². The summed E-state index contributed by atoms with van der Waals surface area (Å²) in [6.45, 7) is 9.73. The summed E-state index contributed by atoms with van der Waals surface area (Å²) in [5, 5.41) is 0. The first-order chi connectivity index (χ1) is 10.1. The molecule has 1 aliphatic heterocycles. The minimum Gasteiger partial charge on any atom is -0.494 e. The largest absolute Gasteiger partial charge is 0.494 e. The number of epoxide rings is 1. The van der Waals surface area contributed by atoms with E-state index >= 15 is 0 Å². The van der Waals surface area contributed by atoms with Crippen LogP contribution in [0.4, 0.5) is 0 Å². The van der Waals surface area contributed by atoms with Crippen molar-refractivity contribution in [3.8, 4) is 5.75 Å². The van der Waals surface area contributed by atoms with Crippen molar-refractivity contribution >= 4 is 0 Å². The molecule has 1 aliphatic rings. The number of benzene rings is 1. The SMILES string of the molecule is CCc1ccc(OCCC(C)CCC2OC2(C)CC)cc1. The van der Waals surface area contributed by atoms with Gasteiger partial charge in [-0.25, -0.2) is 0 Å². The fourth-order valence-corrected chi connectivity index (χ4v) is 2.75. The van der Waals surface area contributed by atoms with Crippen molar-refractivity contribution in [3.05, 3.63) is 29.8 Å². The van der Waals surface area contributed by atoms with Gasteiger partial charge in [0.15, 0.2) is 0 Å². The van der Waals surface area contributed by atoms with E-state index < -0.39 is 0 Å². The third kappa shape index (κ3) is 4.74. The van der Waals surface area contributed by atoms with Crippen LogP contribution in [-0.2, 0) is 11.2 Å². The normalized spacial score (nSPS) is 25.6. The zero-order chi connectivity index (χ0) is 15.3. The van der Waals surface area contributed by atoms with Crippen molar-refractivity contribution in [2.24, 2.45) is 5.92 Å². The van der Waals surface area contributed by atoms with Gasteiger partial charge in [0.05, 0.1) is 18.3 Å². The number of rotatable bonds is 9. The molecule has 1 aromatic carbocycles. The average molecular weight is 290 g/mol. The Balaban J connectivity index is 1.59. The lowest BCUT2D eigenvalue weighted by molar-refractivity contribution is 0.269. The van der Waals surface area contributed by atoms with Crippen LogP contribution in [0.25, 0.3) is 0 Å². The van der Waals surface area contributed by atoms with Crippen LogP contribution < -0.4 is 4.74 Å². The molecular weight excluding hydrogens is 260 g/mol. The lowest BCUT2D eigenvalue weighted by Gasteiger charge is -2.12. The second kappa shape index (κ2) is 7.31. The zero-order valence-corrected chi connectivity index (χ0v) is 14.0. The molecule has 0 amide bonds. The molecule has 0 saturated carbocycles. The van der Waals surface area contributed by atoms with Crippen LogP contribution in [0.1, 0.15) is 58.9 Å². The summed E-state index contributed by atoms with van der Waals surface area (Å²) in [5.41, 5.74) is 1.54. The predicted octanol–water partition coefficient (Wildman–Crippen LogP) is 5.00. The summed E-state index contributed by atoms with van der Waals surface area (Å²) in [6.07, 6.45) is 6.24. The minimum absolute atomic E-state index is 0.178. The Morgan fingerprint density at radius 2 is 1.90 bits per heavy atom. The second-order valence-electron chi connectivity index (χ2n) is 6.59. The molecule has 118 valence electrons. The maximum atomic E-state index is 5.83. The maximum Gasteiger partial charge on any atom is 0.119 e. The standard InChI is InChI=1S/C19H30O2/c1-5-16-8-10-17(11-9-16)20-14-13-15(3)7-12-18-19(4,6-2)21-18/h8-11,15,18H,5-7,12-14H2,1-4H3. The Labute approximate surface area is 129 Å². The molecule has 0 spiro atoms. The van der Waals surface area contributed by atoms with Gasteiger partial charge in [-0.05, 0) is 62.6 Å². The molecule has 0 bridgehead atoms. The summed E-state index contributed by atoms with van der Waals surface area (Å²) in [5.74, 6) is 1.69. The lowest BCUT2D eigenvalue weighted by atomic mass is 9.96. The Hall–Kier alpha value is -1.02. The first-order valence-electron chi connectivity index (χ1n) is 8.47. The van der Waals surface area contributed by atoms with Crippen molar-refractivity contribution < 1.29 is 9.47 Å². The molecule has 2 rings (SSSR count). The van der Waals surface area contributed by atoms with Gasteiger partial charge in [-0.15, -0.1) is 0 Å². The molecule has 1 saturated heterocycles. The number of hydrogen-bond donors (Lipinski definition) is 0. The molecule has 2 nitrogen and oxygen atoms in total. The molecule has 2 heteroatoms. The molecule has 1 aromatic rings. The Morgan fingerprint density at radius 1 is 1.19 bits per heavy atom. The van der Waals surface area contributed by atoms with Gasteiger partial charge in [0.25, 0.3) is 0 Å². The topological polar surface area (TPSA) is 21.8 Å². The van der Waals surface area contributed by atoms with Gasteiger partial charge < -0.3 is 9.47 Å². The van der Waals surface area contributed by atoms with Crippen LogP contribution in [0.2, 0.25) is 0 Å². The van der Waals surface area contributed by atoms with Gasteiger partial charge in [0, 0.05) is 0 Å². The predicted molar refractivity (Wildman–Crippen MR) is 87.9 cm³/mol. The van der Waals surface area contributed by atoms with Gasteiger partial charge >= 0.3 is 0 Å². The number of hydrogen-bond acceptors (Lipinski definition) is 2. The first kappa shape index (κ1) is 16.4. The molecular formula is C19H30O2. The van der Waals surface area contributed by atoms with Crippen LogP contribution in [-0.4, -0.2) is 18.3 Å². The van der Waals surface area contributed by atoms with Crippen LogP contribution in [0.15, 0.2) is 24.3 Å². The highest BCUT2D eigenvalue weighted by atomic mass is 16.6. The molecule has 3 unspecified atom stereocenters. The fraction of sp³-hybridized carbons (Fsp3) is 0.684. The van der Waals surface area contributed by atoms with E-state index in [0.717, 1.165) is 31.6 Å². The van der Waals surface area contributed by atoms with Crippen LogP contribution in [0.5, 0.6) is 5.75 Å². The van der Waals surface area contributed by atoms with Gasteiger partial charge in [-0.3, -0.25) is 0 Å². The average Bonchev–Trinajstić information content (AvgIpc) is 3.17. The third-order valence-corrected chi connectivity index (χ3v) is 4.87. The molecule has 0 aromatic heterocycles. The van der Waals surface area contributed by atoms with Crippen molar-refractivity contribution in [1.29, 1.82) is 0 Å². The van der Waals surface area contributed by atoms with Crippen molar-refractivity contribution in [1.82, 2.24) is 0 Å². The van der Waals surface area contributed by atoms with Crippen molar-refractivity contribution in [2.75, 3.05) is 6.61 Å². The minimum atomic E-state index is 0.178. The molecule has 0 aliphatic carbocycles. The fourth-order valence-electron chi connectivity index (χ4n) is 2.75. The van der Waals surface area contributed by atoms with Crippen LogP contribution in [0, 0.1) is 5.92 Å². The van der Waals surface area contributed by atoms with Gasteiger partial charge in [0.2, 0.25) is 0 Å². The van der Waals surface area contributed by atoms with E-state index in [1.807, 2.05) is 0 Å². The van der Waals surface area contributed by atoms with E-state index in [4.69, 9.17) is 9.47 Å². The van der Waals surface area contributed by atoms with E-state index in [0.29, 0.717) is 12.0 Å². The highest BCUT2D eigenvalue weighted by Crippen LogP contribution is 2.42. The van der Waals surface area contributed by atoms with Gasteiger partial charge in [0.1, 0.15) is 5.75 Å². The van der Waals surface area contributed by atoms with E-state index in [2.05, 4.69) is 52.0 Å². The Kier molecular flexibility index (Phi) is 5.69. The maximum absolute atomic E-state index is 5.83. The van der Waals surface area contributed by atoms with E-state index in [1.165, 1.54) is 18.4 Å². The Bertz CT molecular complexity index is 426. The molecule has 1 heterocycles. The lowest BCUT2D eigenvalue weighted by Crippen LogP contribution is -2.10. The monoisotopic (exact) mass is 290 g/mol. The first-order valence-corrected chi connectivity index (χ1v) is 8.47. The van der Waals surface area contributed by atoms with Crippen molar-refractivity contribution in [2.45, 2.75) is 71.5 Å². The van der Waals surface area contributed by atoms with E-state index in [1.54, 1.807) is 0 Å². The highest BCUT2D eigenvalue weighted by Gasteiger charge is 2.49. The summed E-state index contributed by atoms with van der Waals surface area (Å²) < 4.78 is 11.6.